The van der Waals surface area contributed by atoms with E-state index in [2.05, 4.69) is 82.0 Å². The van der Waals surface area contributed by atoms with E-state index >= 15 is 0 Å². The molecular weight excluding hydrogens is 499 g/mol. The molecule has 0 bridgehead atoms. The highest BCUT2D eigenvalue weighted by atomic mass is 19.1. The van der Waals surface area contributed by atoms with Gasteiger partial charge in [0.1, 0.15) is 11.6 Å². The van der Waals surface area contributed by atoms with Gasteiger partial charge in [-0.15, -0.1) is 0 Å². The van der Waals surface area contributed by atoms with Gasteiger partial charge in [-0.1, -0.05) is 54.6 Å². The van der Waals surface area contributed by atoms with Crippen LogP contribution in [-0.2, 0) is 0 Å². The highest BCUT2D eigenvalue weighted by Crippen LogP contribution is 2.25. The highest BCUT2D eigenvalue weighted by Gasteiger charge is 2.28. The van der Waals surface area contributed by atoms with Gasteiger partial charge in [0.15, 0.2) is 0 Å². The summed E-state index contributed by atoms with van der Waals surface area (Å²) in [4.78, 5) is 10.3. The van der Waals surface area contributed by atoms with E-state index in [4.69, 9.17) is 4.74 Å². The van der Waals surface area contributed by atoms with Crippen molar-refractivity contribution < 1.29 is 9.13 Å². The molecule has 2 heterocycles. The molecule has 1 atom stereocenters. The van der Waals surface area contributed by atoms with Crippen LogP contribution in [0.15, 0.2) is 78.9 Å². The third-order valence-electron chi connectivity index (χ3n) is 8.52. The van der Waals surface area contributed by atoms with Crippen molar-refractivity contribution in [1.82, 2.24) is 19.6 Å². The van der Waals surface area contributed by atoms with E-state index in [1.165, 1.54) is 16.7 Å². The second kappa shape index (κ2) is 14.2. The Labute approximate surface area is 240 Å². The quantitative estimate of drug-likeness (QED) is 0.290. The average molecular weight is 545 g/mol. The van der Waals surface area contributed by atoms with E-state index in [1.54, 1.807) is 12.1 Å². The molecule has 0 amide bonds. The van der Waals surface area contributed by atoms with Crippen LogP contribution in [0, 0.1) is 5.82 Å². The van der Waals surface area contributed by atoms with E-state index in [1.807, 2.05) is 18.2 Å². The number of nitrogens with zero attached hydrogens (tertiary/aromatic N) is 4. The summed E-state index contributed by atoms with van der Waals surface area (Å²) in [6.07, 6.45) is 1.03. The second-order valence-electron chi connectivity index (χ2n) is 11.5. The first kappa shape index (κ1) is 28.7. The van der Waals surface area contributed by atoms with Crippen LogP contribution in [0.1, 0.15) is 31.9 Å². The van der Waals surface area contributed by atoms with Gasteiger partial charge in [-0.3, -0.25) is 14.7 Å². The molecule has 0 saturated carbocycles. The molecule has 5 nitrogen and oxygen atoms in total. The number of hydrogen-bond acceptors (Lipinski definition) is 5. The predicted molar refractivity (Wildman–Crippen MR) is 162 cm³/mol. The van der Waals surface area contributed by atoms with E-state index in [-0.39, 0.29) is 5.82 Å². The molecule has 0 radical (unpaired) electrons. The molecular formula is C34H45FN4O. The topological polar surface area (TPSA) is 22.2 Å². The van der Waals surface area contributed by atoms with Crippen molar-refractivity contribution in [3.63, 3.8) is 0 Å². The van der Waals surface area contributed by atoms with E-state index in [0.717, 1.165) is 84.2 Å². The number of halogens is 1. The lowest BCUT2D eigenvalue weighted by Gasteiger charge is -2.43. The molecule has 0 N–H and O–H groups in total. The first-order valence-electron chi connectivity index (χ1n) is 15.0. The number of ether oxygens (including phenoxy) is 1. The monoisotopic (exact) mass is 544 g/mol. The molecule has 0 spiro atoms. The summed E-state index contributed by atoms with van der Waals surface area (Å²) in [6.45, 7) is 16.0. The van der Waals surface area contributed by atoms with Crippen molar-refractivity contribution in [2.24, 2.45) is 0 Å². The third kappa shape index (κ3) is 7.91. The smallest absolute Gasteiger partial charge is 0.123 e. The van der Waals surface area contributed by atoms with Crippen LogP contribution in [0.5, 0.6) is 5.75 Å². The minimum absolute atomic E-state index is 0.158. The van der Waals surface area contributed by atoms with Gasteiger partial charge in [0.25, 0.3) is 0 Å². The fourth-order valence-electron chi connectivity index (χ4n) is 5.97. The zero-order valence-corrected chi connectivity index (χ0v) is 24.2. The molecule has 214 valence electrons. The molecule has 3 aromatic carbocycles. The Morgan fingerprint density at radius 3 is 1.93 bits per heavy atom. The van der Waals surface area contributed by atoms with Crippen molar-refractivity contribution in [3.8, 4) is 16.9 Å². The summed E-state index contributed by atoms with van der Waals surface area (Å²) in [5, 5.41) is 0. The largest absolute Gasteiger partial charge is 0.494 e. The highest BCUT2D eigenvalue weighted by molar-refractivity contribution is 5.63. The predicted octanol–water partition coefficient (Wildman–Crippen LogP) is 5.65. The van der Waals surface area contributed by atoms with Gasteiger partial charge in [0.05, 0.1) is 6.61 Å². The summed E-state index contributed by atoms with van der Waals surface area (Å²) in [5.41, 5.74) is 3.67. The summed E-state index contributed by atoms with van der Waals surface area (Å²) in [7, 11) is 0. The van der Waals surface area contributed by atoms with E-state index < -0.39 is 0 Å². The Balaban J connectivity index is 1.05. The van der Waals surface area contributed by atoms with Gasteiger partial charge in [0.2, 0.25) is 0 Å². The van der Waals surface area contributed by atoms with Crippen LogP contribution in [0.4, 0.5) is 4.39 Å². The zero-order chi connectivity index (χ0) is 27.7. The number of hydrogen-bond donors (Lipinski definition) is 0. The van der Waals surface area contributed by atoms with Gasteiger partial charge < -0.3 is 9.64 Å². The Morgan fingerprint density at radius 2 is 1.27 bits per heavy atom. The SMILES string of the molecule is CC(C)N1CCN(C(CN2CCN(CCCOc3ccc(-c4ccccc4)cc3)CC2)c2ccc(F)cc2)CC1. The van der Waals surface area contributed by atoms with Gasteiger partial charge in [-0.2, -0.15) is 0 Å². The van der Waals surface area contributed by atoms with Crippen LogP contribution < -0.4 is 4.74 Å². The molecule has 5 rings (SSSR count). The van der Waals surface area contributed by atoms with Crippen molar-refractivity contribution in [3.05, 3.63) is 90.2 Å². The van der Waals surface area contributed by atoms with E-state index in [9.17, 15) is 4.39 Å². The maximum atomic E-state index is 13.7. The first-order valence-corrected chi connectivity index (χ1v) is 15.0. The first-order chi connectivity index (χ1) is 19.5. The van der Waals surface area contributed by atoms with Crippen LogP contribution in [0.25, 0.3) is 11.1 Å². The molecule has 40 heavy (non-hydrogen) atoms. The van der Waals surface area contributed by atoms with Crippen molar-refractivity contribution in [2.75, 3.05) is 72.1 Å². The molecule has 2 saturated heterocycles. The molecule has 2 aliphatic heterocycles. The molecule has 3 aromatic rings. The van der Waals surface area contributed by atoms with Gasteiger partial charge in [0, 0.05) is 77.5 Å². The maximum Gasteiger partial charge on any atom is 0.123 e. The lowest BCUT2D eigenvalue weighted by molar-refractivity contribution is 0.0476. The molecule has 0 aliphatic carbocycles. The summed E-state index contributed by atoms with van der Waals surface area (Å²) in [5.74, 6) is 0.777. The second-order valence-corrected chi connectivity index (χ2v) is 11.5. The Kier molecular flexibility index (Phi) is 10.2. The normalized spacial score (nSPS) is 18.7. The minimum Gasteiger partial charge on any atom is -0.494 e. The minimum atomic E-state index is -0.158. The summed E-state index contributed by atoms with van der Waals surface area (Å²) < 4.78 is 19.7. The number of rotatable bonds is 11. The van der Waals surface area contributed by atoms with Gasteiger partial charge >= 0.3 is 0 Å². The molecule has 2 fully saturated rings. The maximum absolute atomic E-state index is 13.7. The lowest BCUT2D eigenvalue weighted by atomic mass is 10.0. The Bertz CT molecular complexity index is 1140. The molecule has 0 aromatic heterocycles. The van der Waals surface area contributed by atoms with Crippen molar-refractivity contribution in [1.29, 1.82) is 0 Å². The fourth-order valence-corrected chi connectivity index (χ4v) is 5.97. The lowest BCUT2D eigenvalue weighted by Crippen LogP contribution is -2.53. The Hall–Kier alpha value is -2.77. The molecule has 1 unspecified atom stereocenters. The number of benzene rings is 3. The van der Waals surface area contributed by atoms with E-state index in [0.29, 0.717) is 12.1 Å². The van der Waals surface area contributed by atoms with Crippen LogP contribution >= 0.6 is 0 Å². The zero-order valence-electron chi connectivity index (χ0n) is 24.2. The Morgan fingerprint density at radius 1 is 0.675 bits per heavy atom. The van der Waals surface area contributed by atoms with Crippen molar-refractivity contribution in [2.45, 2.75) is 32.4 Å². The van der Waals surface area contributed by atoms with Crippen LogP contribution in [-0.4, -0.2) is 97.7 Å². The summed E-state index contributed by atoms with van der Waals surface area (Å²) in [6, 6.07) is 26.9. The van der Waals surface area contributed by atoms with Gasteiger partial charge in [-0.05, 0) is 61.2 Å². The van der Waals surface area contributed by atoms with Gasteiger partial charge in [-0.25, -0.2) is 4.39 Å². The summed E-state index contributed by atoms with van der Waals surface area (Å²) >= 11 is 0. The molecule has 6 heteroatoms. The van der Waals surface area contributed by atoms with Crippen LogP contribution in [0.3, 0.4) is 0 Å². The van der Waals surface area contributed by atoms with Crippen LogP contribution in [0.2, 0.25) is 0 Å². The number of piperazine rings is 2. The standard InChI is InChI=1S/C34H45FN4O/c1-28(2)38-22-24-39(25-23-38)34(31-9-13-32(35)14-10-31)27-37-20-18-36(19-21-37)17-6-26-40-33-15-11-30(12-16-33)29-7-4-3-5-8-29/h3-5,7-16,28,34H,6,17-27H2,1-2H3. The third-order valence-corrected chi connectivity index (χ3v) is 8.52. The molecule has 2 aliphatic rings. The van der Waals surface area contributed by atoms with Crippen molar-refractivity contribution >= 4 is 0 Å². The fraction of sp³-hybridized carbons (Fsp3) is 0.471. The average Bonchev–Trinajstić information content (AvgIpc) is 3.00.